The van der Waals surface area contributed by atoms with Crippen LogP contribution in [-0.4, -0.2) is 22.9 Å². The molecular weight excluding hydrogens is 128 g/mol. The molecule has 1 unspecified atom stereocenters. The number of hydrogen-bond acceptors (Lipinski definition) is 2. The van der Waals surface area contributed by atoms with Gasteiger partial charge in [0.25, 0.3) is 0 Å². The van der Waals surface area contributed by atoms with E-state index in [2.05, 4.69) is 0 Å². The maximum Gasteiger partial charge on any atom is 0.131 e. The average Bonchev–Trinajstić information content (AvgIpc) is 1.65. The fourth-order valence-corrected chi connectivity index (χ4v) is 0.594. The summed E-state index contributed by atoms with van der Waals surface area (Å²) in [6.07, 6.45) is 0.262. The Morgan fingerprint density at radius 1 is 1.88 bits per heavy atom. The second kappa shape index (κ2) is 3.87. The Kier molecular flexibility index (Phi) is 3.83. The highest BCUT2D eigenvalue weighted by molar-refractivity contribution is 6.21. The van der Waals surface area contributed by atoms with E-state index in [0.717, 1.165) is 0 Å². The zero-order valence-electron chi connectivity index (χ0n) is 4.72. The molecule has 0 saturated heterocycles. The van der Waals surface area contributed by atoms with Gasteiger partial charge in [0.15, 0.2) is 0 Å². The van der Waals surface area contributed by atoms with Crippen LogP contribution >= 0.6 is 11.6 Å². The van der Waals surface area contributed by atoms with Gasteiger partial charge in [0, 0.05) is 6.42 Å². The third-order valence-corrected chi connectivity index (χ3v) is 0.999. The quantitative estimate of drug-likeness (QED) is 0.576. The second-order valence-electron chi connectivity index (χ2n) is 1.69. The lowest BCUT2D eigenvalue weighted by Crippen LogP contribution is -2.08. The van der Waals surface area contributed by atoms with Gasteiger partial charge < -0.3 is 5.11 Å². The first-order valence-electron chi connectivity index (χ1n) is 2.41. The molecule has 0 aromatic carbocycles. The Hall–Kier alpha value is -0.0800. The fraction of sp³-hybridized carbons (Fsp3) is 0.800. The van der Waals surface area contributed by atoms with Crippen molar-refractivity contribution in [1.82, 2.24) is 0 Å². The van der Waals surface area contributed by atoms with Crippen LogP contribution in [0.2, 0.25) is 0 Å². The molecule has 0 bridgehead atoms. The van der Waals surface area contributed by atoms with Gasteiger partial charge in [0.05, 0.1) is 12.0 Å². The summed E-state index contributed by atoms with van der Waals surface area (Å²) < 4.78 is 0. The lowest BCUT2D eigenvalue weighted by molar-refractivity contribution is -0.117. The van der Waals surface area contributed by atoms with Crippen molar-refractivity contribution in [3.63, 3.8) is 0 Å². The number of halogens is 1. The van der Waals surface area contributed by atoms with Crippen LogP contribution in [0.1, 0.15) is 13.3 Å². The minimum atomic E-state index is -0.396. The van der Waals surface area contributed by atoms with Crippen molar-refractivity contribution >= 4 is 17.4 Å². The molecule has 0 aliphatic heterocycles. The number of carbonyl (C=O) groups is 1. The van der Waals surface area contributed by atoms with Gasteiger partial charge in [-0.2, -0.15) is 0 Å². The van der Waals surface area contributed by atoms with Crippen molar-refractivity contribution in [2.45, 2.75) is 18.7 Å². The van der Waals surface area contributed by atoms with E-state index in [0.29, 0.717) is 0 Å². The van der Waals surface area contributed by atoms with Crippen LogP contribution in [-0.2, 0) is 4.79 Å². The maximum absolute atomic E-state index is 10.2. The lowest BCUT2D eigenvalue weighted by Gasteiger charge is -1.98. The molecule has 2 nitrogen and oxygen atoms in total. The summed E-state index contributed by atoms with van der Waals surface area (Å²) in [4.78, 5) is 10.2. The van der Waals surface area contributed by atoms with Crippen LogP contribution in [0.15, 0.2) is 0 Å². The van der Waals surface area contributed by atoms with Crippen LogP contribution in [0.5, 0.6) is 0 Å². The molecule has 0 fully saturated rings. The van der Waals surface area contributed by atoms with Crippen molar-refractivity contribution in [3.05, 3.63) is 0 Å². The first-order valence-corrected chi connectivity index (χ1v) is 2.85. The van der Waals surface area contributed by atoms with Gasteiger partial charge in [-0.3, -0.25) is 4.79 Å². The van der Waals surface area contributed by atoms with Crippen molar-refractivity contribution in [1.29, 1.82) is 0 Å². The van der Waals surface area contributed by atoms with Gasteiger partial charge in [-0.15, -0.1) is 11.6 Å². The van der Waals surface area contributed by atoms with Crippen molar-refractivity contribution in [3.8, 4) is 0 Å². The van der Waals surface area contributed by atoms with Gasteiger partial charge in [0.2, 0.25) is 0 Å². The molecule has 0 amide bonds. The highest BCUT2D eigenvalue weighted by atomic mass is 35.5. The Balaban J connectivity index is 3.24. The zero-order chi connectivity index (χ0) is 6.57. The molecule has 0 aromatic rings. The standard InChI is InChI=1S/C5H9ClO2/c1-4(8)2-5(6)3-7/h5,7H,2-3H2,1H3. The molecule has 1 atom stereocenters. The number of carbonyl (C=O) groups excluding carboxylic acids is 1. The molecule has 48 valence electrons. The number of alkyl halides is 1. The molecule has 0 heterocycles. The normalized spacial score (nSPS) is 13.4. The van der Waals surface area contributed by atoms with E-state index in [1.165, 1.54) is 6.92 Å². The van der Waals surface area contributed by atoms with Crippen LogP contribution in [0.4, 0.5) is 0 Å². The molecule has 0 spiro atoms. The second-order valence-corrected chi connectivity index (χ2v) is 2.30. The summed E-state index contributed by atoms with van der Waals surface area (Å²) in [5.41, 5.74) is 0. The number of ketones is 1. The molecule has 8 heavy (non-hydrogen) atoms. The van der Waals surface area contributed by atoms with Gasteiger partial charge >= 0.3 is 0 Å². The molecule has 0 saturated carbocycles. The van der Waals surface area contributed by atoms with E-state index in [-0.39, 0.29) is 18.8 Å². The van der Waals surface area contributed by atoms with E-state index in [9.17, 15) is 4.79 Å². The van der Waals surface area contributed by atoms with Gasteiger partial charge in [-0.05, 0) is 6.92 Å². The SMILES string of the molecule is CC(=O)CC(Cl)CO. The van der Waals surface area contributed by atoms with Crippen LogP contribution in [0, 0.1) is 0 Å². The van der Waals surface area contributed by atoms with Crippen LogP contribution < -0.4 is 0 Å². The lowest BCUT2D eigenvalue weighted by atomic mass is 10.2. The van der Waals surface area contributed by atoms with Gasteiger partial charge in [0.1, 0.15) is 5.78 Å². The van der Waals surface area contributed by atoms with Crippen LogP contribution in [0.25, 0.3) is 0 Å². The molecule has 0 aliphatic rings. The summed E-state index contributed by atoms with van der Waals surface area (Å²) in [5.74, 6) is 0.0130. The highest BCUT2D eigenvalue weighted by Crippen LogP contribution is 1.99. The third kappa shape index (κ3) is 4.09. The molecule has 0 rings (SSSR count). The fourth-order valence-electron chi connectivity index (χ4n) is 0.376. The van der Waals surface area contributed by atoms with Crippen molar-refractivity contribution in [2.24, 2.45) is 0 Å². The Bertz CT molecular complexity index is 82.5. The van der Waals surface area contributed by atoms with Gasteiger partial charge in [-0.1, -0.05) is 0 Å². The van der Waals surface area contributed by atoms with E-state index in [1.54, 1.807) is 0 Å². The average molecular weight is 137 g/mol. The monoisotopic (exact) mass is 136 g/mol. The number of aliphatic hydroxyl groups excluding tert-OH is 1. The zero-order valence-corrected chi connectivity index (χ0v) is 5.48. The number of aliphatic hydroxyl groups is 1. The Morgan fingerprint density at radius 3 is 2.50 bits per heavy atom. The van der Waals surface area contributed by atoms with Crippen molar-refractivity contribution in [2.75, 3.05) is 6.61 Å². The predicted molar refractivity (Wildman–Crippen MR) is 32.0 cm³/mol. The van der Waals surface area contributed by atoms with Crippen molar-refractivity contribution < 1.29 is 9.90 Å². The summed E-state index contributed by atoms with van der Waals surface area (Å²) in [7, 11) is 0. The van der Waals surface area contributed by atoms with Gasteiger partial charge in [-0.25, -0.2) is 0 Å². The Morgan fingerprint density at radius 2 is 2.38 bits per heavy atom. The number of Topliss-reactive ketones (excluding diaryl/α,β-unsaturated/α-hetero) is 1. The maximum atomic E-state index is 10.2. The largest absolute Gasteiger partial charge is 0.395 e. The first kappa shape index (κ1) is 7.92. The highest BCUT2D eigenvalue weighted by Gasteiger charge is 2.03. The minimum Gasteiger partial charge on any atom is -0.395 e. The van der Waals surface area contributed by atoms with E-state index in [4.69, 9.17) is 16.7 Å². The first-order chi connectivity index (χ1) is 3.66. The van der Waals surface area contributed by atoms with E-state index in [1.807, 2.05) is 0 Å². The Labute approximate surface area is 53.5 Å². The molecular formula is C5H9ClO2. The third-order valence-electron chi connectivity index (χ3n) is 0.707. The summed E-state index contributed by atoms with van der Waals surface area (Å²) in [6, 6.07) is 0. The summed E-state index contributed by atoms with van der Waals surface area (Å²) in [5, 5.41) is 7.90. The predicted octanol–water partition coefficient (Wildman–Crippen LogP) is 0.565. The molecule has 3 heteroatoms. The smallest absolute Gasteiger partial charge is 0.131 e. The van der Waals surface area contributed by atoms with E-state index >= 15 is 0 Å². The number of rotatable bonds is 3. The minimum absolute atomic E-state index is 0.0130. The molecule has 0 aromatic heterocycles. The van der Waals surface area contributed by atoms with Crippen LogP contribution in [0.3, 0.4) is 0 Å². The summed E-state index contributed by atoms with van der Waals surface area (Å²) >= 11 is 5.39. The van der Waals surface area contributed by atoms with E-state index < -0.39 is 5.38 Å². The summed E-state index contributed by atoms with van der Waals surface area (Å²) in [6.45, 7) is 1.33. The molecule has 0 radical (unpaired) electrons. The molecule has 0 aliphatic carbocycles. The topological polar surface area (TPSA) is 37.3 Å². The number of hydrogen-bond donors (Lipinski definition) is 1. The molecule has 1 N–H and O–H groups in total.